The smallest absolute Gasteiger partial charge is 0.118 e. The zero-order valence-electron chi connectivity index (χ0n) is 12.3. The van der Waals surface area contributed by atoms with E-state index in [2.05, 4.69) is 29.6 Å². The maximum atomic E-state index is 5.69. The largest absolute Gasteiger partial charge is 0.497 e. The van der Waals surface area contributed by atoms with Gasteiger partial charge in [0.2, 0.25) is 0 Å². The second-order valence-corrected chi connectivity index (χ2v) is 5.97. The molecule has 1 aliphatic carbocycles. The van der Waals surface area contributed by atoms with E-state index in [1.807, 2.05) is 0 Å². The Kier molecular flexibility index (Phi) is 4.58. The molecule has 1 heterocycles. The maximum absolute atomic E-state index is 5.69. The Bertz CT molecular complexity index is 408. The molecule has 0 amide bonds. The molecule has 0 spiro atoms. The monoisotopic (exact) mass is 275 g/mol. The van der Waals surface area contributed by atoms with Gasteiger partial charge in [0.05, 0.1) is 13.2 Å². The number of ether oxygens (including phenoxy) is 2. The molecular weight excluding hydrogens is 250 g/mol. The lowest BCUT2D eigenvalue weighted by atomic mass is 10.0. The summed E-state index contributed by atoms with van der Waals surface area (Å²) in [6.45, 7) is 2.01. The normalized spacial score (nSPS) is 23.8. The fourth-order valence-electron chi connectivity index (χ4n) is 3.07. The first-order chi connectivity index (χ1) is 9.86. The maximum Gasteiger partial charge on any atom is 0.118 e. The molecular formula is C17H25NO2. The number of benzene rings is 1. The zero-order valence-corrected chi connectivity index (χ0v) is 12.3. The van der Waals surface area contributed by atoms with E-state index in [0.29, 0.717) is 12.1 Å². The predicted octanol–water partition coefficient (Wildman–Crippen LogP) is 3.31. The highest BCUT2D eigenvalue weighted by molar-refractivity contribution is 5.30. The average Bonchev–Trinajstić information content (AvgIpc) is 3.20. The molecule has 3 heteroatoms. The van der Waals surface area contributed by atoms with Crippen LogP contribution in [0.3, 0.4) is 0 Å². The van der Waals surface area contributed by atoms with Gasteiger partial charge < -0.3 is 14.8 Å². The first kappa shape index (κ1) is 13.9. The SMILES string of the molecule is COc1ccc(C(NCCC2CCCO2)C2CC2)cc1. The molecule has 3 rings (SSSR count). The molecule has 1 aromatic carbocycles. The summed E-state index contributed by atoms with van der Waals surface area (Å²) in [4.78, 5) is 0. The van der Waals surface area contributed by atoms with Gasteiger partial charge in [-0.3, -0.25) is 0 Å². The molecule has 1 saturated carbocycles. The number of methoxy groups -OCH3 is 1. The molecule has 2 unspecified atom stereocenters. The Balaban J connectivity index is 1.54. The Labute approximate surface area is 121 Å². The van der Waals surface area contributed by atoms with Crippen molar-refractivity contribution < 1.29 is 9.47 Å². The van der Waals surface area contributed by atoms with Gasteiger partial charge in [0.15, 0.2) is 0 Å². The van der Waals surface area contributed by atoms with Crippen LogP contribution in [-0.4, -0.2) is 26.4 Å². The molecule has 1 aliphatic heterocycles. The van der Waals surface area contributed by atoms with E-state index in [9.17, 15) is 0 Å². The van der Waals surface area contributed by atoms with Crippen LogP contribution in [-0.2, 0) is 4.74 Å². The quantitative estimate of drug-likeness (QED) is 0.828. The summed E-state index contributed by atoms with van der Waals surface area (Å²) in [6.07, 6.45) is 6.79. The van der Waals surface area contributed by atoms with E-state index < -0.39 is 0 Å². The van der Waals surface area contributed by atoms with Crippen molar-refractivity contribution in [1.82, 2.24) is 5.32 Å². The van der Waals surface area contributed by atoms with Crippen LogP contribution in [0.4, 0.5) is 0 Å². The van der Waals surface area contributed by atoms with Crippen molar-refractivity contribution in [2.24, 2.45) is 5.92 Å². The second-order valence-electron chi connectivity index (χ2n) is 5.97. The minimum atomic E-state index is 0.484. The molecule has 3 nitrogen and oxygen atoms in total. The summed E-state index contributed by atoms with van der Waals surface area (Å²) in [5.74, 6) is 1.75. The van der Waals surface area contributed by atoms with Gasteiger partial charge in [-0.1, -0.05) is 12.1 Å². The van der Waals surface area contributed by atoms with Crippen molar-refractivity contribution in [2.45, 2.75) is 44.2 Å². The van der Waals surface area contributed by atoms with Crippen LogP contribution in [0.25, 0.3) is 0 Å². The molecule has 2 aliphatic rings. The molecule has 1 aromatic rings. The number of nitrogens with one attached hydrogen (secondary N) is 1. The van der Waals surface area contributed by atoms with E-state index in [4.69, 9.17) is 9.47 Å². The fourth-order valence-corrected chi connectivity index (χ4v) is 3.07. The number of hydrogen-bond acceptors (Lipinski definition) is 3. The van der Waals surface area contributed by atoms with Crippen LogP contribution in [0.5, 0.6) is 5.75 Å². The molecule has 0 radical (unpaired) electrons. The minimum absolute atomic E-state index is 0.484. The Morgan fingerprint density at radius 3 is 2.65 bits per heavy atom. The van der Waals surface area contributed by atoms with Crippen molar-refractivity contribution in [3.8, 4) is 5.75 Å². The summed E-state index contributed by atoms with van der Waals surface area (Å²) < 4.78 is 10.9. The molecule has 0 bridgehead atoms. The Morgan fingerprint density at radius 1 is 1.25 bits per heavy atom. The van der Waals surface area contributed by atoms with E-state index in [1.54, 1.807) is 7.11 Å². The molecule has 1 saturated heterocycles. The molecule has 0 aromatic heterocycles. The van der Waals surface area contributed by atoms with Crippen LogP contribution in [0.15, 0.2) is 24.3 Å². The van der Waals surface area contributed by atoms with Gasteiger partial charge in [0, 0.05) is 12.6 Å². The van der Waals surface area contributed by atoms with E-state index in [1.165, 1.54) is 31.2 Å². The van der Waals surface area contributed by atoms with Crippen LogP contribution >= 0.6 is 0 Å². The fraction of sp³-hybridized carbons (Fsp3) is 0.647. The number of rotatable bonds is 7. The third-order valence-corrected chi connectivity index (χ3v) is 4.42. The first-order valence-electron chi connectivity index (χ1n) is 7.86. The Morgan fingerprint density at radius 2 is 2.05 bits per heavy atom. The van der Waals surface area contributed by atoms with Crippen molar-refractivity contribution in [1.29, 1.82) is 0 Å². The van der Waals surface area contributed by atoms with Gasteiger partial charge in [-0.15, -0.1) is 0 Å². The highest BCUT2D eigenvalue weighted by Crippen LogP contribution is 2.41. The van der Waals surface area contributed by atoms with Gasteiger partial charge in [-0.05, 0) is 62.3 Å². The summed E-state index contributed by atoms with van der Waals surface area (Å²) in [5.41, 5.74) is 1.39. The minimum Gasteiger partial charge on any atom is -0.497 e. The van der Waals surface area contributed by atoms with Crippen molar-refractivity contribution in [3.05, 3.63) is 29.8 Å². The molecule has 2 fully saturated rings. The highest BCUT2D eigenvalue weighted by atomic mass is 16.5. The molecule has 110 valence electrons. The van der Waals surface area contributed by atoms with Crippen molar-refractivity contribution in [3.63, 3.8) is 0 Å². The van der Waals surface area contributed by atoms with Gasteiger partial charge >= 0.3 is 0 Å². The predicted molar refractivity (Wildman–Crippen MR) is 80.1 cm³/mol. The van der Waals surface area contributed by atoms with Crippen molar-refractivity contribution >= 4 is 0 Å². The lowest BCUT2D eigenvalue weighted by Gasteiger charge is -2.20. The van der Waals surface area contributed by atoms with E-state index in [0.717, 1.165) is 31.2 Å². The molecule has 20 heavy (non-hydrogen) atoms. The van der Waals surface area contributed by atoms with Crippen LogP contribution in [0, 0.1) is 5.92 Å². The highest BCUT2D eigenvalue weighted by Gasteiger charge is 2.32. The van der Waals surface area contributed by atoms with Gasteiger partial charge in [-0.2, -0.15) is 0 Å². The third-order valence-electron chi connectivity index (χ3n) is 4.42. The topological polar surface area (TPSA) is 30.5 Å². The zero-order chi connectivity index (χ0) is 13.8. The molecule has 2 atom stereocenters. The average molecular weight is 275 g/mol. The third kappa shape index (κ3) is 3.53. The summed E-state index contributed by atoms with van der Waals surface area (Å²) in [6, 6.07) is 9.02. The summed E-state index contributed by atoms with van der Waals surface area (Å²) in [5, 5.41) is 3.74. The molecule has 1 N–H and O–H groups in total. The second kappa shape index (κ2) is 6.59. The van der Waals surface area contributed by atoms with Gasteiger partial charge in [-0.25, -0.2) is 0 Å². The lowest BCUT2D eigenvalue weighted by molar-refractivity contribution is 0.103. The first-order valence-corrected chi connectivity index (χ1v) is 7.86. The van der Waals surface area contributed by atoms with E-state index in [-0.39, 0.29) is 0 Å². The van der Waals surface area contributed by atoms with E-state index >= 15 is 0 Å². The van der Waals surface area contributed by atoms with Gasteiger partial charge in [0.1, 0.15) is 5.75 Å². The standard InChI is InChI=1S/C17H25NO2/c1-19-15-8-6-14(7-9-15)17(13-4-5-13)18-11-10-16-3-2-12-20-16/h6-9,13,16-18H,2-5,10-12H2,1H3. The summed E-state index contributed by atoms with van der Waals surface area (Å²) in [7, 11) is 1.72. The Hall–Kier alpha value is -1.06. The van der Waals surface area contributed by atoms with Crippen LogP contribution < -0.4 is 10.1 Å². The van der Waals surface area contributed by atoms with Crippen LogP contribution in [0.1, 0.15) is 43.7 Å². The summed E-state index contributed by atoms with van der Waals surface area (Å²) >= 11 is 0. The van der Waals surface area contributed by atoms with Crippen molar-refractivity contribution in [2.75, 3.05) is 20.3 Å². The van der Waals surface area contributed by atoms with Crippen LogP contribution in [0.2, 0.25) is 0 Å². The number of hydrogen-bond donors (Lipinski definition) is 1. The van der Waals surface area contributed by atoms with Gasteiger partial charge in [0.25, 0.3) is 0 Å². The lowest BCUT2D eigenvalue weighted by Crippen LogP contribution is -2.26.